The van der Waals surface area contributed by atoms with Crippen molar-refractivity contribution in [3.05, 3.63) is 53.2 Å². The van der Waals surface area contributed by atoms with Gasteiger partial charge in [-0.2, -0.15) is 9.40 Å². The molecule has 0 radical (unpaired) electrons. The van der Waals surface area contributed by atoms with Crippen molar-refractivity contribution in [1.29, 1.82) is 0 Å². The Hall–Kier alpha value is -2.12. The Balaban J connectivity index is 1.60. The predicted octanol–water partition coefficient (Wildman–Crippen LogP) is 2.28. The molecule has 7 heteroatoms. The van der Waals surface area contributed by atoms with Crippen LogP contribution in [0.5, 0.6) is 5.75 Å². The highest BCUT2D eigenvalue weighted by molar-refractivity contribution is 7.93. The van der Waals surface area contributed by atoms with Crippen LogP contribution in [0.4, 0.5) is 0 Å². The smallest absolute Gasteiger partial charge is 0.242 e. The van der Waals surface area contributed by atoms with Gasteiger partial charge in [0.05, 0.1) is 10.9 Å². The monoisotopic (exact) mass is 345 g/mol. The Morgan fingerprint density at radius 1 is 1.21 bits per heavy atom. The van der Waals surface area contributed by atoms with E-state index in [0.717, 1.165) is 24.2 Å². The average molecular weight is 345 g/mol. The number of piperidine rings is 1. The van der Waals surface area contributed by atoms with E-state index in [2.05, 4.69) is 5.10 Å². The molecule has 3 heterocycles. The van der Waals surface area contributed by atoms with Crippen LogP contribution in [0.3, 0.4) is 0 Å². The Bertz CT molecular complexity index is 859. The molecule has 0 spiro atoms. The lowest BCUT2D eigenvalue weighted by Crippen LogP contribution is -2.42. The topological polar surface area (TPSA) is 64.4 Å². The Kier molecular flexibility index (Phi) is 3.90. The van der Waals surface area contributed by atoms with Gasteiger partial charge in [0, 0.05) is 31.0 Å². The highest BCUT2D eigenvalue weighted by Crippen LogP contribution is 2.31. The lowest BCUT2D eigenvalue weighted by atomic mass is 10.1. The molecule has 2 aliphatic rings. The van der Waals surface area contributed by atoms with E-state index in [9.17, 15) is 8.42 Å². The number of rotatable bonds is 3. The van der Waals surface area contributed by atoms with Gasteiger partial charge in [0.1, 0.15) is 12.4 Å². The van der Waals surface area contributed by atoms with Gasteiger partial charge in [0.2, 0.25) is 10.0 Å². The fraction of sp³-hybridized carbons (Fsp3) is 0.353. The van der Waals surface area contributed by atoms with Gasteiger partial charge >= 0.3 is 0 Å². The number of fused-ring (bicyclic) bond motifs is 1. The molecular formula is C17H19N3O3S. The van der Waals surface area contributed by atoms with Crippen molar-refractivity contribution in [2.75, 3.05) is 19.7 Å². The molecular weight excluding hydrogens is 326 g/mol. The summed E-state index contributed by atoms with van der Waals surface area (Å²) in [6.07, 6.45) is 7.11. The molecule has 0 unspecified atom stereocenters. The minimum absolute atomic E-state index is 0.0842. The zero-order valence-electron chi connectivity index (χ0n) is 13.2. The second-order valence-electron chi connectivity index (χ2n) is 6.08. The quantitative estimate of drug-likeness (QED) is 0.856. The van der Waals surface area contributed by atoms with E-state index in [-0.39, 0.29) is 12.6 Å². The lowest BCUT2D eigenvalue weighted by molar-refractivity contribution is 0.253. The molecule has 0 N–H and O–H groups in total. The molecule has 0 amide bonds. The highest BCUT2D eigenvalue weighted by atomic mass is 32.2. The van der Waals surface area contributed by atoms with Crippen LogP contribution in [-0.2, 0) is 10.0 Å². The normalized spacial score (nSPS) is 21.7. The Morgan fingerprint density at radius 3 is 2.92 bits per heavy atom. The van der Waals surface area contributed by atoms with Crippen LogP contribution in [0.15, 0.2) is 47.6 Å². The van der Waals surface area contributed by atoms with Gasteiger partial charge in [-0.15, -0.1) is 0 Å². The average Bonchev–Trinajstić information content (AvgIpc) is 3.16. The molecule has 2 aliphatic heterocycles. The van der Waals surface area contributed by atoms with Crippen LogP contribution in [0.1, 0.15) is 24.4 Å². The van der Waals surface area contributed by atoms with Gasteiger partial charge in [-0.3, -0.25) is 4.68 Å². The molecule has 1 fully saturated rings. The van der Waals surface area contributed by atoms with Gasteiger partial charge in [-0.05, 0) is 31.1 Å². The molecule has 4 rings (SSSR count). The number of hydrogen-bond donors (Lipinski definition) is 0. The number of nitrogens with zero attached hydrogens (tertiary/aromatic N) is 3. The molecule has 24 heavy (non-hydrogen) atoms. The van der Waals surface area contributed by atoms with Gasteiger partial charge in [-0.1, -0.05) is 18.2 Å². The lowest BCUT2D eigenvalue weighted by Gasteiger charge is -2.33. The molecule has 0 aliphatic carbocycles. The molecule has 126 valence electrons. The largest absolute Gasteiger partial charge is 0.487 e. The van der Waals surface area contributed by atoms with Crippen LogP contribution in [0.25, 0.3) is 6.08 Å². The van der Waals surface area contributed by atoms with Gasteiger partial charge in [0.25, 0.3) is 0 Å². The summed E-state index contributed by atoms with van der Waals surface area (Å²) in [7, 11) is -3.52. The number of benzene rings is 1. The molecule has 2 aromatic rings. The summed E-state index contributed by atoms with van der Waals surface area (Å²) in [5.74, 6) is 0.726. The van der Waals surface area contributed by atoms with Crippen molar-refractivity contribution in [1.82, 2.24) is 14.1 Å². The molecule has 1 aromatic carbocycles. The third-order valence-corrected chi connectivity index (χ3v) is 6.44. The van der Waals surface area contributed by atoms with E-state index in [1.165, 1.54) is 0 Å². The van der Waals surface area contributed by atoms with Crippen LogP contribution in [-0.4, -0.2) is 42.2 Å². The van der Waals surface area contributed by atoms with Crippen molar-refractivity contribution in [3.63, 3.8) is 0 Å². The van der Waals surface area contributed by atoms with Crippen LogP contribution in [0.2, 0.25) is 0 Å². The standard InChI is InChI=1S/C17H19N3O3S/c21-24(22,16-11-14-5-1-2-7-17(14)23-13-16)19-9-3-6-15(12-19)20-10-4-8-18-20/h1-2,4-5,7-8,10-11,15H,3,6,9,12-13H2/t15-/m0/s1. The maximum absolute atomic E-state index is 13.0. The number of sulfonamides is 1. The van der Waals surface area contributed by atoms with Crippen molar-refractivity contribution in [2.45, 2.75) is 18.9 Å². The third kappa shape index (κ3) is 2.74. The van der Waals surface area contributed by atoms with Crippen molar-refractivity contribution in [3.8, 4) is 5.75 Å². The fourth-order valence-electron chi connectivity index (χ4n) is 3.26. The maximum Gasteiger partial charge on any atom is 0.242 e. The summed E-state index contributed by atoms with van der Waals surface area (Å²) in [4.78, 5) is 0.322. The first kappa shape index (κ1) is 15.4. The number of ether oxygens (including phenoxy) is 1. The SMILES string of the molecule is O=S(=O)(C1=Cc2ccccc2OC1)N1CCC[C@H](n2cccn2)C1. The predicted molar refractivity (Wildman–Crippen MR) is 90.9 cm³/mol. The van der Waals surface area contributed by atoms with Gasteiger partial charge in [0.15, 0.2) is 0 Å². The molecule has 0 saturated carbocycles. The second-order valence-corrected chi connectivity index (χ2v) is 8.07. The molecule has 6 nitrogen and oxygen atoms in total. The molecule has 1 atom stereocenters. The minimum Gasteiger partial charge on any atom is -0.487 e. The fourth-order valence-corrected chi connectivity index (χ4v) is 4.81. The van der Waals surface area contributed by atoms with E-state index < -0.39 is 10.0 Å². The van der Waals surface area contributed by atoms with Crippen molar-refractivity contribution >= 4 is 16.1 Å². The summed E-state index contributed by atoms with van der Waals surface area (Å²) < 4.78 is 35.1. The summed E-state index contributed by atoms with van der Waals surface area (Å²) in [6.45, 7) is 1.07. The van der Waals surface area contributed by atoms with Gasteiger partial charge < -0.3 is 4.74 Å². The second kappa shape index (κ2) is 6.07. The Morgan fingerprint density at radius 2 is 2.08 bits per heavy atom. The van der Waals surface area contributed by atoms with E-state index in [1.54, 1.807) is 16.6 Å². The zero-order chi connectivity index (χ0) is 16.6. The van der Waals surface area contributed by atoms with E-state index in [4.69, 9.17) is 4.74 Å². The van der Waals surface area contributed by atoms with Crippen LogP contribution in [0, 0.1) is 0 Å². The van der Waals surface area contributed by atoms with E-state index in [0.29, 0.717) is 18.0 Å². The van der Waals surface area contributed by atoms with Crippen molar-refractivity contribution in [2.24, 2.45) is 0 Å². The highest BCUT2D eigenvalue weighted by Gasteiger charge is 2.33. The van der Waals surface area contributed by atoms with Crippen LogP contribution < -0.4 is 4.74 Å². The number of hydrogen-bond acceptors (Lipinski definition) is 4. The summed E-state index contributed by atoms with van der Waals surface area (Å²) in [5, 5.41) is 4.25. The molecule has 1 saturated heterocycles. The number of para-hydroxylation sites is 1. The van der Waals surface area contributed by atoms with E-state index in [1.807, 2.05) is 41.2 Å². The maximum atomic E-state index is 13.0. The first-order chi connectivity index (χ1) is 11.6. The minimum atomic E-state index is -3.52. The summed E-state index contributed by atoms with van der Waals surface area (Å²) in [6, 6.07) is 9.42. The van der Waals surface area contributed by atoms with Gasteiger partial charge in [-0.25, -0.2) is 8.42 Å². The third-order valence-electron chi connectivity index (χ3n) is 4.53. The van der Waals surface area contributed by atoms with Crippen molar-refractivity contribution < 1.29 is 13.2 Å². The summed E-state index contributed by atoms with van der Waals surface area (Å²) >= 11 is 0. The first-order valence-electron chi connectivity index (χ1n) is 8.06. The zero-order valence-corrected chi connectivity index (χ0v) is 14.0. The Labute approximate surface area is 141 Å². The molecule has 0 bridgehead atoms. The van der Waals surface area contributed by atoms with Crippen LogP contribution >= 0.6 is 0 Å². The first-order valence-corrected chi connectivity index (χ1v) is 9.50. The molecule has 1 aromatic heterocycles. The summed E-state index contributed by atoms with van der Waals surface area (Å²) in [5.41, 5.74) is 0.808. The van der Waals surface area contributed by atoms with E-state index >= 15 is 0 Å². The number of aromatic nitrogens is 2.